The summed E-state index contributed by atoms with van der Waals surface area (Å²) >= 11 is 5.87. The highest BCUT2D eigenvalue weighted by Crippen LogP contribution is 2.41. The van der Waals surface area contributed by atoms with Gasteiger partial charge in [0, 0.05) is 10.6 Å². The average Bonchev–Trinajstić information content (AvgIpc) is 1.93. The van der Waals surface area contributed by atoms with Gasteiger partial charge in [-0.05, 0) is 42.5 Å². The molecule has 0 aliphatic rings. The number of ketones is 1. The summed E-state index contributed by atoms with van der Waals surface area (Å²) in [5, 5.41) is 0.467. The molecule has 0 radical (unpaired) electrons. The summed E-state index contributed by atoms with van der Waals surface area (Å²) in [5.41, 5.74) is -29.5. The number of aromatic nitrogens is 2. The summed E-state index contributed by atoms with van der Waals surface area (Å²) < 4.78 is 348. The van der Waals surface area contributed by atoms with E-state index in [1.165, 1.54) is 18.5 Å². The Morgan fingerprint density at radius 1 is 0.427 bits per heavy atom. The summed E-state index contributed by atoms with van der Waals surface area (Å²) in [6, 6.07) is 6.67. The molecule has 1 heterocycles. The standard InChI is InChI=1S/C32H12BF24.C19H14ClN2O3/c34-25(35,36)13-1-14(26(37,38)39)6-21(5-13)33(22-7-15(27(40,41)42)2-16(8-22)28(43,44)45,23-9-17(29(46,47)48)3-18(10-23)30(49,50)51)24-11-19(31(52,53)54)4-20(12-24)32(55,56)57;20-15-7-4-8-16(11-15)25-19(24)17-12-22(10-9-21-17)13-18(23)14-5-2-1-3-6-14/h1-12H;1-12H,13H2/q-1;+1. The fourth-order valence-electron chi connectivity index (χ4n) is 8.28. The van der Waals surface area contributed by atoms with E-state index in [0.29, 0.717) is 16.3 Å². The number of nitrogens with zero attached hydrogens (tertiary/aromatic N) is 2. The van der Waals surface area contributed by atoms with E-state index in [4.69, 9.17) is 16.3 Å². The fraction of sp³-hybridized carbons (Fsp3) is 0.176. The van der Waals surface area contributed by atoms with Gasteiger partial charge in [-0.1, -0.05) is 96.5 Å². The molecule has 0 atom stereocenters. The van der Waals surface area contributed by atoms with Crippen molar-refractivity contribution >= 4 is 51.4 Å². The second kappa shape index (κ2) is 22.5. The predicted octanol–water partition coefficient (Wildman–Crippen LogP) is 14.3. The minimum absolute atomic E-state index is 0.0639. The van der Waals surface area contributed by atoms with Crippen LogP contribution in [0.4, 0.5) is 105 Å². The number of hydrogen-bond donors (Lipinski definition) is 0. The highest BCUT2D eigenvalue weighted by Gasteiger charge is 2.47. The van der Waals surface area contributed by atoms with E-state index >= 15 is 0 Å². The molecule has 0 aliphatic heterocycles. The number of esters is 1. The van der Waals surface area contributed by atoms with Crippen molar-refractivity contribution in [2.75, 3.05) is 0 Å². The van der Waals surface area contributed by atoms with Crippen LogP contribution in [0.2, 0.25) is 5.02 Å². The fourth-order valence-corrected chi connectivity index (χ4v) is 8.46. The number of halogens is 25. The molecule has 0 aliphatic carbocycles. The number of carbonyl (C=O) groups excluding carboxylic acids is 2. The van der Waals surface area contributed by atoms with Gasteiger partial charge in [0.1, 0.15) is 11.9 Å². The minimum Gasteiger partial charge on any atom is -0.422 e. The summed E-state index contributed by atoms with van der Waals surface area (Å²) in [6.07, 6.45) is -50.3. The van der Waals surface area contributed by atoms with Crippen molar-refractivity contribution in [3.63, 3.8) is 0 Å². The molecule has 31 heteroatoms. The summed E-state index contributed by atoms with van der Waals surface area (Å²) in [5.74, 6) is -0.357. The van der Waals surface area contributed by atoms with Crippen LogP contribution in [0.3, 0.4) is 0 Å². The van der Waals surface area contributed by atoms with Gasteiger partial charge in [0.05, 0.1) is 50.7 Å². The van der Waals surface area contributed by atoms with E-state index in [0.717, 1.165) is 0 Å². The lowest BCUT2D eigenvalue weighted by Crippen LogP contribution is -2.75. The first-order valence-corrected chi connectivity index (χ1v) is 22.5. The molecule has 0 bridgehead atoms. The summed E-state index contributed by atoms with van der Waals surface area (Å²) in [7, 11) is 0. The van der Waals surface area contributed by atoms with E-state index in [1.807, 2.05) is 6.07 Å². The maximum Gasteiger partial charge on any atom is 0.416 e. The molecule has 436 valence electrons. The molecule has 5 nitrogen and oxygen atoms in total. The lowest BCUT2D eigenvalue weighted by Gasteiger charge is -2.46. The Bertz CT molecular complexity index is 3060. The zero-order valence-corrected chi connectivity index (χ0v) is 40.5. The van der Waals surface area contributed by atoms with Crippen LogP contribution >= 0.6 is 11.6 Å². The third kappa shape index (κ3) is 15.0. The average molecular weight is 1220 g/mol. The van der Waals surface area contributed by atoms with Gasteiger partial charge in [-0.3, -0.25) is 4.79 Å². The van der Waals surface area contributed by atoms with Crippen LogP contribution in [0.25, 0.3) is 0 Å². The highest BCUT2D eigenvalue weighted by atomic mass is 35.5. The largest absolute Gasteiger partial charge is 0.422 e. The van der Waals surface area contributed by atoms with Crippen LogP contribution in [0.5, 0.6) is 5.75 Å². The number of alkyl halides is 24. The van der Waals surface area contributed by atoms with E-state index in [2.05, 4.69) is 4.98 Å². The van der Waals surface area contributed by atoms with Crippen molar-refractivity contribution in [2.45, 2.75) is 56.0 Å². The Morgan fingerprint density at radius 2 is 0.744 bits per heavy atom. The van der Waals surface area contributed by atoms with Crippen molar-refractivity contribution < 1.29 is 124 Å². The normalized spacial score (nSPS) is 13.1. The van der Waals surface area contributed by atoms with Crippen molar-refractivity contribution in [3.05, 3.63) is 207 Å². The van der Waals surface area contributed by atoms with Gasteiger partial charge in [-0.25, -0.2) is 9.78 Å². The highest BCUT2D eigenvalue weighted by molar-refractivity contribution is 7.20. The molecule has 82 heavy (non-hydrogen) atoms. The van der Waals surface area contributed by atoms with Gasteiger partial charge in [-0.15, -0.1) is 0 Å². The Hall–Kier alpha value is -7.79. The maximum atomic E-state index is 14.2. The molecule has 0 N–H and O–H groups in total. The quantitative estimate of drug-likeness (QED) is 0.0361. The number of hydrogen-bond acceptors (Lipinski definition) is 4. The van der Waals surface area contributed by atoms with Crippen molar-refractivity contribution in [2.24, 2.45) is 0 Å². The van der Waals surface area contributed by atoms with Gasteiger partial charge in [-0.2, -0.15) is 132 Å². The first-order chi connectivity index (χ1) is 37.4. The lowest BCUT2D eigenvalue weighted by atomic mass is 9.12. The molecular formula is C51H26BClF24N2O3. The van der Waals surface area contributed by atoms with Crippen LogP contribution in [0, 0.1) is 0 Å². The van der Waals surface area contributed by atoms with Crippen molar-refractivity contribution in [3.8, 4) is 5.75 Å². The number of Topliss-reactive ketones (excluding diaryl/α,β-unsaturated/α-hetero) is 1. The first-order valence-electron chi connectivity index (χ1n) is 22.1. The van der Waals surface area contributed by atoms with Crippen LogP contribution in [-0.2, 0) is 56.0 Å². The SMILES string of the molecule is FC(F)(F)c1cc([B-](c2cc(C(F)(F)F)cc(C(F)(F)F)c2)(c2cc(C(F)(F)F)cc(C(F)(F)F)c2)c2cc(C(F)(F)F)cc(C(F)(F)F)c2)cc(C(F)(F)F)c1.O=C(C[n+]1ccnc(C(=O)Oc2cccc(Cl)c2)c1)c1ccccc1. The first kappa shape index (κ1) is 63.4. The zero-order valence-electron chi connectivity index (χ0n) is 39.7. The Balaban J connectivity index is 0.000000357. The predicted molar refractivity (Wildman–Crippen MR) is 242 cm³/mol. The Kier molecular flexibility index (Phi) is 17.4. The molecule has 0 fully saturated rings. The number of benzene rings is 6. The molecular weight excluding hydrogens is 1190 g/mol. The minimum atomic E-state index is -6.13. The second-order valence-corrected chi connectivity index (χ2v) is 17.9. The van der Waals surface area contributed by atoms with Gasteiger partial charge >= 0.3 is 55.4 Å². The molecule has 0 amide bonds. The van der Waals surface area contributed by atoms with Crippen LogP contribution < -0.4 is 31.2 Å². The number of rotatable bonds is 9. The van der Waals surface area contributed by atoms with Gasteiger partial charge < -0.3 is 4.74 Å². The Labute approximate surface area is 448 Å². The van der Waals surface area contributed by atoms with Gasteiger partial charge in [0.25, 0.3) is 0 Å². The van der Waals surface area contributed by atoms with Crippen LogP contribution in [0.15, 0.2) is 146 Å². The van der Waals surface area contributed by atoms with E-state index < -0.39 is 201 Å². The molecule has 0 saturated carbocycles. The van der Waals surface area contributed by atoms with Gasteiger partial charge in [0.15, 0.2) is 6.20 Å². The number of ether oxygens (including phenoxy) is 1. The van der Waals surface area contributed by atoms with Crippen molar-refractivity contribution in [1.29, 1.82) is 0 Å². The zero-order chi connectivity index (χ0) is 61.6. The summed E-state index contributed by atoms with van der Waals surface area (Å²) in [6.45, 7) is 0.101. The van der Waals surface area contributed by atoms with Crippen LogP contribution in [0.1, 0.15) is 65.4 Å². The van der Waals surface area contributed by atoms with E-state index in [-0.39, 0.29) is 18.0 Å². The lowest BCUT2D eigenvalue weighted by molar-refractivity contribution is -0.683. The molecule has 7 rings (SSSR count). The molecule has 1 aromatic heterocycles. The third-order valence-electron chi connectivity index (χ3n) is 11.8. The maximum absolute atomic E-state index is 14.2. The second-order valence-electron chi connectivity index (χ2n) is 17.5. The molecule has 7 aromatic rings. The van der Waals surface area contributed by atoms with Crippen molar-refractivity contribution in [1.82, 2.24) is 4.98 Å². The topological polar surface area (TPSA) is 60.1 Å². The van der Waals surface area contributed by atoms with Crippen LogP contribution in [-0.4, -0.2) is 22.9 Å². The Morgan fingerprint density at radius 3 is 1.04 bits per heavy atom. The monoisotopic (exact) mass is 1220 g/mol. The molecule has 0 unspecified atom stereocenters. The third-order valence-corrected chi connectivity index (χ3v) is 12.1. The van der Waals surface area contributed by atoms with E-state index in [9.17, 15) is 115 Å². The molecule has 0 spiro atoms. The molecule has 6 aromatic carbocycles. The number of carbonyl (C=O) groups is 2. The molecule has 0 saturated heterocycles. The smallest absolute Gasteiger partial charge is 0.416 e. The summed E-state index contributed by atoms with van der Waals surface area (Å²) in [4.78, 5) is 28.5. The van der Waals surface area contributed by atoms with E-state index in [1.54, 1.807) is 53.2 Å². The van der Waals surface area contributed by atoms with Gasteiger partial charge in [0.2, 0.25) is 24.2 Å².